The number of rotatable bonds is 5. The molecule has 3 unspecified atom stereocenters. The molecule has 1 heterocycles. The summed E-state index contributed by atoms with van der Waals surface area (Å²) in [5.41, 5.74) is 5.53. The Bertz CT molecular complexity index is 381. The summed E-state index contributed by atoms with van der Waals surface area (Å²) in [6.45, 7) is 9.89. The molecule has 1 amide bonds. The van der Waals surface area contributed by atoms with E-state index in [1.54, 1.807) is 0 Å². The first-order chi connectivity index (χ1) is 9.88. The molecule has 3 atom stereocenters. The van der Waals surface area contributed by atoms with Crippen LogP contribution in [0.1, 0.15) is 66.2 Å². The van der Waals surface area contributed by atoms with Crippen LogP contribution in [0, 0.1) is 5.41 Å². The van der Waals surface area contributed by atoms with Crippen molar-refractivity contribution >= 4 is 5.91 Å². The number of piperidine rings is 1. The van der Waals surface area contributed by atoms with Gasteiger partial charge in [0.25, 0.3) is 0 Å². The van der Waals surface area contributed by atoms with E-state index in [0.29, 0.717) is 19.1 Å². The minimum Gasteiger partial charge on any atom is -0.378 e. The van der Waals surface area contributed by atoms with Gasteiger partial charge in [0, 0.05) is 31.0 Å². The van der Waals surface area contributed by atoms with Gasteiger partial charge in [-0.2, -0.15) is 0 Å². The molecule has 4 nitrogen and oxygen atoms in total. The van der Waals surface area contributed by atoms with Crippen molar-refractivity contribution in [2.45, 2.75) is 83.9 Å². The third kappa shape index (κ3) is 2.72. The number of carbonyl (C=O) groups excluding carboxylic acids is 1. The summed E-state index contributed by atoms with van der Waals surface area (Å²) < 4.78 is 5.75. The first kappa shape index (κ1) is 16.8. The van der Waals surface area contributed by atoms with Gasteiger partial charge in [-0.25, -0.2) is 0 Å². The molecule has 122 valence electrons. The summed E-state index contributed by atoms with van der Waals surface area (Å²) in [6.07, 6.45) is 6.45. The van der Waals surface area contributed by atoms with Crippen LogP contribution in [-0.2, 0) is 9.53 Å². The molecule has 0 radical (unpaired) electrons. The number of nitrogens with zero attached hydrogens (tertiary/aromatic N) is 1. The Morgan fingerprint density at radius 2 is 2.05 bits per heavy atom. The number of amides is 1. The third-order valence-electron chi connectivity index (χ3n) is 5.72. The third-order valence-corrected chi connectivity index (χ3v) is 5.72. The molecule has 1 aliphatic carbocycles. The van der Waals surface area contributed by atoms with Crippen LogP contribution in [0.3, 0.4) is 0 Å². The summed E-state index contributed by atoms with van der Waals surface area (Å²) in [6, 6.07) is 0.388. The second kappa shape index (κ2) is 6.25. The van der Waals surface area contributed by atoms with Crippen LogP contribution in [0.25, 0.3) is 0 Å². The van der Waals surface area contributed by atoms with Crippen molar-refractivity contribution in [3.63, 3.8) is 0 Å². The lowest BCUT2D eigenvalue weighted by molar-refractivity contribution is -0.182. The highest BCUT2D eigenvalue weighted by Gasteiger charge is 2.64. The maximum Gasteiger partial charge on any atom is 0.243 e. The molecule has 1 saturated carbocycles. The van der Waals surface area contributed by atoms with Crippen molar-refractivity contribution in [3.05, 3.63) is 0 Å². The van der Waals surface area contributed by atoms with Crippen LogP contribution in [0.2, 0.25) is 0 Å². The van der Waals surface area contributed by atoms with Crippen LogP contribution < -0.4 is 5.73 Å². The number of nitrogens with two attached hydrogens (primary N) is 1. The standard InChI is InChI=1S/C17H32N2O2/c1-5-9-13-10-7-8-11-19(13)15(20)17(18)12-14(21-6-2)16(17,3)4/h13-14H,5-12,18H2,1-4H3. The predicted octanol–water partition coefficient (Wildman–Crippen LogP) is 2.70. The molecule has 21 heavy (non-hydrogen) atoms. The Morgan fingerprint density at radius 3 is 2.62 bits per heavy atom. The van der Waals surface area contributed by atoms with E-state index in [-0.39, 0.29) is 17.4 Å². The molecule has 2 aliphatic rings. The van der Waals surface area contributed by atoms with Crippen molar-refractivity contribution in [2.75, 3.05) is 13.2 Å². The highest BCUT2D eigenvalue weighted by atomic mass is 16.5. The summed E-state index contributed by atoms with van der Waals surface area (Å²) in [4.78, 5) is 15.2. The molecule has 2 rings (SSSR count). The van der Waals surface area contributed by atoms with Crippen LogP contribution in [0.5, 0.6) is 0 Å². The SMILES string of the molecule is CCCC1CCCCN1C(=O)C1(N)CC(OCC)C1(C)C. The zero-order valence-electron chi connectivity index (χ0n) is 14.2. The van der Waals surface area contributed by atoms with E-state index in [1.807, 2.05) is 6.92 Å². The van der Waals surface area contributed by atoms with Crippen LogP contribution in [-0.4, -0.2) is 41.6 Å². The molecule has 0 aromatic heterocycles. The lowest BCUT2D eigenvalue weighted by atomic mass is 9.54. The topological polar surface area (TPSA) is 55.6 Å². The van der Waals surface area contributed by atoms with Crippen LogP contribution in [0.15, 0.2) is 0 Å². The van der Waals surface area contributed by atoms with E-state index in [9.17, 15) is 4.79 Å². The van der Waals surface area contributed by atoms with Gasteiger partial charge < -0.3 is 15.4 Å². The first-order valence-corrected chi connectivity index (χ1v) is 8.60. The summed E-state index contributed by atoms with van der Waals surface area (Å²) >= 11 is 0. The van der Waals surface area contributed by atoms with E-state index < -0.39 is 5.54 Å². The predicted molar refractivity (Wildman–Crippen MR) is 85.0 cm³/mol. The van der Waals surface area contributed by atoms with Gasteiger partial charge in [-0.15, -0.1) is 0 Å². The minimum absolute atomic E-state index is 0.103. The molecule has 1 aliphatic heterocycles. The van der Waals surface area contributed by atoms with Gasteiger partial charge in [0.15, 0.2) is 0 Å². The average Bonchev–Trinajstić information content (AvgIpc) is 2.47. The van der Waals surface area contributed by atoms with Gasteiger partial charge in [-0.05, 0) is 32.6 Å². The molecular weight excluding hydrogens is 264 g/mol. The first-order valence-electron chi connectivity index (χ1n) is 8.60. The number of carbonyl (C=O) groups is 1. The maximum atomic E-state index is 13.1. The zero-order valence-corrected chi connectivity index (χ0v) is 14.2. The van der Waals surface area contributed by atoms with E-state index in [2.05, 4.69) is 25.7 Å². The Hall–Kier alpha value is -0.610. The van der Waals surface area contributed by atoms with Crippen LogP contribution in [0.4, 0.5) is 0 Å². The molecule has 4 heteroatoms. The van der Waals surface area contributed by atoms with Gasteiger partial charge in [-0.1, -0.05) is 27.2 Å². The van der Waals surface area contributed by atoms with E-state index >= 15 is 0 Å². The van der Waals surface area contributed by atoms with E-state index in [4.69, 9.17) is 10.5 Å². The van der Waals surface area contributed by atoms with Gasteiger partial charge in [0.05, 0.1) is 6.10 Å². The summed E-state index contributed by atoms with van der Waals surface area (Å²) in [7, 11) is 0. The number of ether oxygens (including phenoxy) is 1. The monoisotopic (exact) mass is 296 g/mol. The molecule has 0 spiro atoms. The fourth-order valence-electron chi connectivity index (χ4n) is 3.96. The minimum atomic E-state index is -0.754. The van der Waals surface area contributed by atoms with Crippen molar-refractivity contribution in [3.8, 4) is 0 Å². The normalized spacial score (nSPS) is 35.4. The smallest absolute Gasteiger partial charge is 0.243 e. The van der Waals surface area contributed by atoms with Crippen molar-refractivity contribution in [1.82, 2.24) is 4.90 Å². The molecule has 1 saturated heterocycles. The Balaban J connectivity index is 2.11. The quantitative estimate of drug-likeness (QED) is 0.848. The van der Waals surface area contributed by atoms with Gasteiger partial charge in [-0.3, -0.25) is 4.79 Å². The number of hydrogen-bond acceptors (Lipinski definition) is 3. The molecular formula is C17H32N2O2. The average molecular weight is 296 g/mol. The Kier molecular flexibility index (Phi) is 4.99. The zero-order chi connectivity index (χ0) is 15.7. The Labute approximate surface area is 129 Å². The van der Waals surface area contributed by atoms with E-state index in [1.165, 1.54) is 6.42 Å². The number of likely N-dealkylation sites (tertiary alicyclic amines) is 1. The second-order valence-electron chi connectivity index (χ2n) is 7.28. The van der Waals surface area contributed by atoms with E-state index in [0.717, 1.165) is 32.2 Å². The molecule has 0 bridgehead atoms. The highest BCUT2D eigenvalue weighted by molar-refractivity contribution is 5.89. The van der Waals surface area contributed by atoms with Crippen molar-refractivity contribution in [1.29, 1.82) is 0 Å². The fourth-order valence-corrected chi connectivity index (χ4v) is 3.96. The highest BCUT2D eigenvalue weighted by Crippen LogP contribution is 2.51. The van der Waals surface area contributed by atoms with Crippen molar-refractivity contribution < 1.29 is 9.53 Å². The summed E-state index contributed by atoms with van der Waals surface area (Å²) in [5.74, 6) is 0.154. The number of hydrogen-bond donors (Lipinski definition) is 1. The molecule has 0 aromatic carbocycles. The lowest BCUT2D eigenvalue weighted by Gasteiger charge is -2.59. The summed E-state index contributed by atoms with van der Waals surface area (Å²) in [5, 5.41) is 0. The lowest BCUT2D eigenvalue weighted by Crippen LogP contribution is -2.76. The fraction of sp³-hybridized carbons (Fsp3) is 0.941. The van der Waals surface area contributed by atoms with Gasteiger partial charge in [0.1, 0.15) is 5.54 Å². The maximum absolute atomic E-state index is 13.1. The van der Waals surface area contributed by atoms with Gasteiger partial charge >= 0.3 is 0 Å². The molecule has 2 N–H and O–H groups in total. The molecule has 2 fully saturated rings. The largest absolute Gasteiger partial charge is 0.378 e. The van der Waals surface area contributed by atoms with Crippen molar-refractivity contribution in [2.24, 2.45) is 11.1 Å². The van der Waals surface area contributed by atoms with Gasteiger partial charge in [0.2, 0.25) is 5.91 Å². The Morgan fingerprint density at radius 1 is 1.33 bits per heavy atom. The van der Waals surface area contributed by atoms with Crippen LogP contribution >= 0.6 is 0 Å². The molecule has 0 aromatic rings. The second-order valence-corrected chi connectivity index (χ2v) is 7.28.